The van der Waals surface area contributed by atoms with Gasteiger partial charge in [0.1, 0.15) is 8.80 Å². The molecule has 0 fully saturated rings. The van der Waals surface area contributed by atoms with Gasteiger partial charge in [0.15, 0.2) is 0 Å². The van der Waals surface area contributed by atoms with Gasteiger partial charge in [0.2, 0.25) is 0 Å². The van der Waals surface area contributed by atoms with Crippen molar-refractivity contribution in [2.24, 2.45) is 0 Å². The van der Waals surface area contributed by atoms with Crippen LogP contribution in [0.25, 0.3) is 0 Å². The van der Waals surface area contributed by atoms with Crippen molar-refractivity contribution in [1.29, 1.82) is 0 Å². The molecule has 29 valence electrons. The zero-order chi connectivity index (χ0) is 3.98. The molecule has 0 aromatic carbocycles. The Bertz CT molecular complexity index is 95.9. The fourth-order valence-corrected chi connectivity index (χ4v) is 2.14. The summed E-state index contributed by atoms with van der Waals surface area (Å²) in [7, 11) is 0.0484. The van der Waals surface area contributed by atoms with Gasteiger partial charge in [0, 0.05) is 0 Å². The first-order valence-electron chi connectivity index (χ1n) is 2.20. The predicted octanol–water partition coefficient (Wildman–Crippen LogP) is 1.07. The molecule has 2 aliphatic heterocycles. The lowest BCUT2D eigenvalue weighted by Gasteiger charge is -2.29. The van der Waals surface area contributed by atoms with Crippen LogP contribution in [0.15, 0.2) is 23.6 Å². The van der Waals surface area contributed by atoms with Gasteiger partial charge in [0.25, 0.3) is 0 Å². The third kappa shape index (κ3) is 0.143. The number of hydrogen-bond donors (Lipinski definition) is 0. The van der Waals surface area contributed by atoms with Crippen LogP contribution in [0.2, 0.25) is 5.54 Å². The molecule has 1 heteroatoms. The summed E-state index contributed by atoms with van der Waals surface area (Å²) in [5.74, 6) is 0. The summed E-state index contributed by atoms with van der Waals surface area (Å²) < 4.78 is 0. The van der Waals surface area contributed by atoms with Gasteiger partial charge in [-0.1, -0.05) is 23.6 Å². The molecule has 0 amide bonds. The van der Waals surface area contributed by atoms with Crippen LogP contribution >= 0.6 is 0 Å². The highest BCUT2D eigenvalue weighted by Crippen LogP contribution is 2.32. The van der Waals surface area contributed by atoms with E-state index in [-0.39, 0.29) is 8.80 Å². The Morgan fingerprint density at radius 3 is 1.67 bits per heavy atom. The van der Waals surface area contributed by atoms with Crippen LogP contribution < -0.4 is 0 Å². The van der Waals surface area contributed by atoms with Crippen molar-refractivity contribution in [3.63, 3.8) is 0 Å². The minimum Gasteiger partial charge on any atom is -0.0950 e. The predicted molar refractivity (Wildman–Crippen MR) is 27.8 cm³/mol. The van der Waals surface area contributed by atoms with Crippen LogP contribution in [0.4, 0.5) is 0 Å². The molecule has 2 rings (SSSR count). The van der Waals surface area contributed by atoms with E-state index in [0.29, 0.717) is 0 Å². The minimum absolute atomic E-state index is 0.0484. The minimum atomic E-state index is 0.0484. The van der Waals surface area contributed by atoms with E-state index < -0.39 is 0 Å². The van der Waals surface area contributed by atoms with Crippen molar-refractivity contribution < 1.29 is 0 Å². The Morgan fingerprint density at radius 1 is 1.17 bits per heavy atom. The molecule has 0 bridgehead atoms. The summed E-state index contributed by atoms with van der Waals surface area (Å²) in [6.07, 6.45) is 4.57. The maximum Gasteiger partial charge on any atom is 0.114 e. The maximum atomic E-state index is 2.34. The van der Waals surface area contributed by atoms with Crippen LogP contribution in [-0.4, -0.2) is 8.80 Å². The fraction of sp³-hybridized carbons (Fsp3) is 0.200. The van der Waals surface area contributed by atoms with Gasteiger partial charge >= 0.3 is 0 Å². The third-order valence-corrected chi connectivity index (χ3v) is 3.69. The Labute approximate surface area is 38.8 Å². The molecule has 1 radical (unpaired) electrons. The molecule has 2 heterocycles. The molecule has 0 nitrogen and oxygen atoms in total. The fourth-order valence-electron chi connectivity index (χ4n) is 0.757. The van der Waals surface area contributed by atoms with Crippen molar-refractivity contribution in [3.8, 4) is 0 Å². The van der Waals surface area contributed by atoms with Crippen molar-refractivity contribution in [2.45, 2.75) is 5.54 Å². The smallest absolute Gasteiger partial charge is 0.0950 e. The number of fused-ring (bicyclic) bond motifs is 1. The Hall–Kier alpha value is -0.303. The maximum absolute atomic E-state index is 2.34. The Kier molecular flexibility index (Phi) is 0.319. The van der Waals surface area contributed by atoms with Crippen molar-refractivity contribution in [3.05, 3.63) is 23.6 Å². The van der Waals surface area contributed by atoms with Crippen LogP contribution in [0.3, 0.4) is 0 Å². The lowest BCUT2D eigenvalue weighted by molar-refractivity contribution is 1.24. The van der Waals surface area contributed by atoms with E-state index in [4.69, 9.17) is 0 Å². The zero-order valence-electron chi connectivity index (χ0n) is 3.39. The second-order valence-corrected chi connectivity index (χ2v) is 4.08. The summed E-state index contributed by atoms with van der Waals surface area (Å²) in [4.78, 5) is 0. The molecule has 0 saturated carbocycles. The van der Waals surface area contributed by atoms with Crippen molar-refractivity contribution in [1.82, 2.24) is 0 Å². The Morgan fingerprint density at radius 2 is 1.67 bits per heavy atom. The SMILES string of the molecule is C1=C[Si]2C=CC12. The van der Waals surface area contributed by atoms with Crippen molar-refractivity contribution in [2.75, 3.05) is 0 Å². The molecule has 0 atom stereocenters. The van der Waals surface area contributed by atoms with E-state index in [0.717, 1.165) is 5.54 Å². The third-order valence-electron chi connectivity index (χ3n) is 1.38. The van der Waals surface area contributed by atoms with Crippen LogP contribution in [0.1, 0.15) is 0 Å². The van der Waals surface area contributed by atoms with E-state index in [1.165, 1.54) is 0 Å². The van der Waals surface area contributed by atoms with Gasteiger partial charge < -0.3 is 0 Å². The first-order valence-corrected chi connectivity index (χ1v) is 3.93. The zero-order valence-corrected chi connectivity index (χ0v) is 4.39. The van der Waals surface area contributed by atoms with E-state index in [1.54, 1.807) is 0 Å². The first-order chi connectivity index (χ1) is 2.97. The van der Waals surface area contributed by atoms with Gasteiger partial charge in [-0.05, 0) is 5.54 Å². The molecule has 6 heavy (non-hydrogen) atoms. The Balaban J connectivity index is 2.40. The standard InChI is InChI=1S/C5H5Si/c1-3-6-4-2-5(1)6/h1-5H. The van der Waals surface area contributed by atoms with Gasteiger partial charge in [-0.3, -0.25) is 0 Å². The van der Waals surface area contributed by atoms with Crippen LogP contribution in [-0.2, 0) is 0 Å². The topological polar surface area (TPSA) is 0 Å². The normalized spacial score (nSPS) is 28.7. The molecule has 0 unspecified atom stereocenters. The highest BCUT2D eigenvalue weighted by atomic mass is 28.3. The number of rotatable bonds is 0. The molecular weight excluding hydrogens is 88.1 g/mol. The monoisotopic (exact) mass is 93.0 g/mol. The van der Waals surface area contributed by atoms with Crippen LogP contribution in [0, 0.1) is 0 Å². The van der Waals surface area contributed by atoms with E-state index in [2.05, 4.69) is 23.6 Å². The molecule has 0 aliphatic carbocycles. The van der Waals surface area contributed by atoms with E-state index >= 15 is 0 Å². The summed E-state index contributed by atoms with van der Waals surface area (Å²) in [5.41, 5.74) is 5.64. The molecule has 2 aliphatic rings. The summed E-state index contributed by atoms with van der Waals surface area (Å²) >= 11 is 0. The summed E-state index contributed by atoms with van der Waals surface area (Å²) in [6, 6.07) is 0. The lowest BCUT2D eigenvalue weighted by atomic mass is 10.4. The van der Waals surface area contributed by atoms with Gasteiger partial charge in [0.05, 0.1) is 0 Å². The molecule has 0 aromatic heterocycles. The number of hydrogen-bond acceptors (Lipinski definition) is 0. The molecule has 0 saturated heterocycles. The molecule has 0 aromatic rings. The summed E-state index contributed by atoms with van der Waals surface area (Å²) in [6.45, 7) is 0. The highest BCUT2D eigenvalue weighted by molar-refractivity contribution is 6.78. The van der Waals surface area contributed by atoms with Gasteiger partial charge in [-0.15, -0.1) is 0 Å². The molecular formula is C5H5Si. The highest BCUT2D eigenvalue weighted by Gasteiger charge is 2.27. The van der Waals surface area contributed by atoms with E-state index in [1.807, 2.05) is 0 Å². The second-order valence-electron chi connectivity index (χ2n) is 1.74. The average Bonchev–Trinajstić information content (AvgIpc) is 1.54. The molecule has 0 N–H and O–H groups in total. The number of allylic oxidation sites excluding steroid dienone is 2. The summed E-state index contributed by atoms with van der Waals surface area (Å²) in [5, 5.41) is 0. The first kappa shape index (κ1) is 2.80. The second kappa shape index (κ2) is 0.683. The largest absolute Gasteiger partial charge is 0.114 e. The lowest BCUT2D eigenvalue weighted by Crippen LogP contribution is -2.28. The van der Waals surface area contributed by atoms with Gasteiger partial charge in [-0.25, -0.2) is 0 Å². The van der Waals surface area contributed by atoms with E-state index in [9.17, 15) is 0 Å². The van der Waals surface area contributed by atoms with Crippen molar-refractivity contribution >= 4 is 8.80 Å². The quantitative estimate of drug-likeness (QED) is 0.393. The average molecular weight is 93.2 g/mol. The van der Waals surface area contributed by atoms with Gasteiger partial charge in [-0.2, -0.15) is 0 Å². The van der Waals surface area contributed by atoms with Crippen LogP contribution in [0.5, 0.6) is 0 Å². The molecule has 0 spiro atoms.